The lowest BCUT2D eigenvalue weighted by Crippen LogP contribution is -1.90. The number of hydrogen-bond donors (Lipinski definition) is 2. The lowest BCUT2D eigenvalue weighted by atomic mass is 10.1. The van der Waals surface area contributed by atoms with Crippen molar-refractivity contribution in [2.75, 3.05) is 5.73 Å². The number of aromatic nitrogens is 1. The number of nitrogen functional groups attached to an aromatic ring is 1. The highest BCUT2D eigenvalue weighted by Gasteiger charge is 2.03. The molecule has 0 saturated carbocycles. The van der Waals surface area contributed by atoms with Crippen LogP contribution < -0.4 is 5.73 Å². The number of nitriles is 1. The molecule has 0 spiro atoms. The molecule has 2 rings (SSSR count). The SMILES string of the molecule is N#Cc1ccc2cc[nH]c2c1N. The van der Waals surface area contributed by atoms with Crippen LogP contribution in [0.4, 0.5) is 5.69 Å². The van der Waals surface area contributed by atoms with Crippen molar-refractivity contribution < 1.29 is 0 Å². The van der Waals surface area contributed by atoms with E-state index in [1.807, 2.05) is 24.4 Å². The van der Waals surface area contributed by atoms with Crippen molar-refractivity contribution in [2.45, 2.75) is 0 Å². The molecule has 0 amide bonds. The highest BCUT2D eigenvalue weighted by Crippen LogP contribution is 2.22. The molecular formula is C9H7N3. The smallest absolute Gasteiger partial charge is 0.101 e. The molecule has 0 unspecified atom stereocenters. The first-order chi connectivity index (χ1) is 5.83. The molecule has 1 aromatic heterocycles. The second-order valence-corrected chi connectivity index (χ2v) is 2.58. The summed E-state index contributed by atoms with van der Waals surface area (Å²) in [7, 11) is 0. The molecule has 1 heterocycles. The summed E-state index contributed by atoms with van der Waals surface area (Å²) in [6.07, 6.45) is 1.81. The number of benzene rings is 1. The fourth-order valence-electron chi connectivity index (χ4n) is 1.25. The maximum absolute atomic E-state index is 8.67. The first kappa shape index (κ1) is 6.74. The minimum atomic E-state index is 0.518. The van der Waals surface area contributed by atoms with Crippen LogP contribution in [-0.2, 0) is 0 Å². The Bertz CT molecular complexity index is 462. The van der Waals surface area contributed by atoms with Gasteiger partial charge in [0.05, 0.1) is 16.8 Å². The van der Waals surface area contributed by atoms with Crippen LogP contribution >= 0.6 is 0 Å². The van der Waals surface area contributed by atoms with Gasteiger partial charge in [0.25, 0.3) is 0 Å². The highest BCUT2D eigenvalue weighted by molar-refractivity contribution is 5.92. The Morgan fingerprint density at radius 2 is 2.17 bits per heavy atom. The maximum atomic E-state index is 8.67. The van der Waals surface area contributed by atoms with Crippen molar-refractivity contribution in [3.8, 4) is 6.07 Å². The lowest BCUT2D eigenvalue weighted by molar-refractivity contribution is 1.46. The molecule has 0 aliphatic carbocycles. The van der Waals surface area contributed by atoms with E-state index in [-0.39, 0.29) is 0 Å². The minimum Gasteiger partial charge on any atom is -0.396 e. The Balaban J connectivity index is 2.89. The van der Waals surface area contributed by atoms with E-state index in [1.54, 1.807) is 6.07 Å². The molecule has 3 nitrogen and oxygen atoms in total. The summed E-state index contributed by atoms with van der Waals surface area (Å²) in [5, 5.41) is 9.71. The van der Waals surface area contributed by atoms with E-state index < -0.39 is 0 Å². The largest absolute Gasteiger partial charge is 0.396 e. The number of fused-ring (bicyclic) bond motifs is 1. The van der Waals surface area contributed by atoms with Gasteiger partial charge in [0, 0.05) is 11.6 Å². The van der Waals surface area contributed by atoms with E-state index in [1.165, 1.54) is 0 Å². The van der Waals surface area contributed by atoms with Gasteiger partial charge in [-0.05, 0) is 12.1 Å². The van der Waals surface area contributed by atoms with E-state index in [4.69, 9.17) is 11.0 Å². The van der Waals surface area contributed by atoms with Crippen LogP contribution in [0.5, 0.6) is 0 Å². The van der Waals surface area contributed by atoms with Crippen molar-refractivity contribution in [1.82, 2.24) is 4.98 Å². The summed E-state index contributed by atoms with van der Waals surface area (Å²) >= 11 is 0. The molecule has 3 N–H and O–H groups in total. The fraction of sp³-hybridized carbons (Fsp3) is 0. The number of rotatable bonds is 0. The molecule has 2 aromatic rings. The molecule has 0 aliphatic rings. The third-order valence-corrected chi connectivity index (χ3v) is 1.89. The number of anilines is 1. The predicted octanol–water partition coefficient (Wildman–Crippen LogP) is 1.62. The molecule has 58 valence electrons. The molecule has 0 saturated heterocycles. The molecule has 3 heteroatoms. The van der Waals surface area contributed by atoms with E-state index in [9.17, 15) is 0 Å². The quantitative estimate of drug-likeness (QED) is 0.570. The summed E-state index contributed by atoms with van der Waals surface area (Å²) in [6, 6.07) is 7.56. The van der Waals surface area contributed by atoms with Gasteiger partial charge in [0.1, 0.15) is 6.07 Å². The summed E-state index contributed by atoms with van der Waals surface area (Å²) in [5.41, 5.74) is 7.61. The molecule has 12 heavy (non-hydrogen) atoms. The third-order valence-electron chi connectivity index (χ3n) is 1.89. The first-order valence-electron chi connectivity index (χ1n) is 3.58. The van der Waals surface area contributed by atoms with Crippen molar-refractivity contribution in [3.05, 3.63) is 30.0 Å². The molecule has 0 radical (unpaired) electrons. The Hall–Kier alpha value is -1.95. The zero-order valence-electron chi connectivity index (χ0n) is 6.33. The average molecular weight is 157 g/mol. The molecule has 0 aliphatic heterocycles. The number of hydrogen-bond acceptors (Lipinski definition) is 2. The van der Waals surface area contributed by atoms with E-state index in [2.05, 4.69) is 4.98 Å². The zero-order chi connectivity index (χ0) is 8.55. The average Bonchev–Trinajstić information content (AvgIpc) is 2.53. The van der Waals surface area contributed by atoms with Crippen molar-refractivity contribution in [3.63, 3.8) is 0 Å². The Morgan fingerprint density at radius 3 is 2.92 bits per heavy atom. The van der Waals surface area contributed by atoms with Crippen LogP contribution in [0, 0.1) is 11.3 Å². The lowest BCUT2D eigenvalue weighted by Gasteiger charge is -1.97. The topological polar surface area (TPSA) is 65.6 Å². The van der Waals surface area contributed by atoms with Gasteiger partial charge in [-0.15, -0.1) is 0 Å². The highest BCUT2D eigenvalue weighted by atomic mass is 14.7. The van der Waals surface area contributed by atoms with Crippen LogP contribution in [0.2, 0.25) is 0 Å². The van der Waals surface area contributed by atoms with E-state index in [0.717, 1.165) is 10.9 Å². The van der Waals surface area contributed by atoms with E-state index >= 15 is 0 Å². The normalized spacial score (nSPS) is 9.92. The number of H-pyrrole nitrogens is 1. The minimum absolute atomic E-state index is 0.518. The van der Waals surface area contributed by atoms with Gasteiger partial charge in [-0.25, -0.2) is 0 Å². The molecule has 0 atom stereocenters. The second-order valence-electron chi connectivity index (χ2n) is 2.58. The van der Waals surface area contributed by atoms with Crippen LogP contribution in [0.15, 0.2) is 24.4 Å². The summed E-state index contributed by atoms with van der Waals surface area (Å²) in [6.45, 7) is 0. The van der Waals surface area contributed by atoms with Gasteiger partial charge in [0.2, 0.25) is 0 Å². The maximum Gasteiger partial charge on any atom is 0.101 e. The fourth-order valence-corrected chi connectivity index (χ4v) is 1.25. The van der Waals surface area contributed by atoms with Gasteiger partial charge in [-0.3, -0.25) is 0 Å². The summed E-state index contributed by atoms with van der Waals surface area (Å²) in [5.74, 6) is 0. The standard InChI is InChI=1S/C9H7N3/c10-5-7-2-1-6-3-4-12-9(6)8(7)11/h1-4,12H,11H2. The summed E-state index contributed by atoms with van der Waals surface area (Å²) < 4.78 is 0. The van der Waals surface area contributed by atoms with Crippen LogP contribution in [0.1, 0.15) is 5.56 Å². The second kappa shape index (κ2) is 2.28. The number of nitrogens with two attached hydrogens (primary N) is 1. The molecule has 1 aromatic carbocycles. The summed E-state index contributed by atoms with van der Waals surface area (Å²) in [4.78, 5) is 2.99. The number of aromatic amines is 1. The van der Waals surface area contributed by atoms with Gasteiger partial charge in [0.15, 0.2) is 0 Å². The van der Waals surface area contributed by atoms with Crippen LogP contribution in [0.3, 0.4) is 0 Å². The van der Waals surface area contributed by atoms with Crippen LogP contribution in [-0.4, -0.2) is 4.98 Å². The van der Waals surface area contributed by atoms with Gasteiger partial charge >= 0.3 is 0 Å². The Kier molecular flexibility index (Phi) is 1.28. The van der Waals surface area contributed by atoms with Gasteiger partial charge in [-0.1, -0.05) is 6.07 Å². The zero-order valence-corrected chi connectivity index (χ0v) is 6.33. The predicted molar refractivity (Wildman–Crippen MR) is 47.4 cm³/mol. The number of nitrogens with zero attached hydrogens (tertiary/aromatic N) is 1. The Labute approximate surface area is 69.4 Å². The van der Waals surface area contributed by atoms with Crippen molar-refractivity contribution >= 4 is 16.6 Å². The van der Waals surface area contributed by atoms with Gasteiger partial charge < -0.3 is 10.7 Å². The van der Waals surface area contributed by atoms with E-state index in [0.29, 0.717) is 11.3 Å². The Morgan fingerprint density at radius 1 is 1.33 bits per heavy atom. The molecule has 0 bridgehead atoms. The van der Waals surface area contributed by atoms with Gasteiger partial charge in [-0.2, -0.15) is 5.26 Å². The van der Waals surface area contributed by atoms with Crippen LogP contribution in [0.25, 0.3) is 10.9 Å². The monoisotopic (exact) mass is 157 g/mol. The first-order valence-corrected chi connectivity index (χ1v) is 3.58. The number of nitrogens with one attached hydrogen (secondary N) is 1. The molecular weight excluding hydrogens is 150 g/mol. The third kappa shape index (κ3) is 0.753. The van der Waals surface area contributed by atoms with Crippen molar-refractivity contribution in [2.24, 2.45) is 0 Å². The van der Waals surface area contributed by atoms with Crippen molar-refractivity contribution in [1.29, 1.82) is 5.26 Å². The molecule has 0 fully saturated rings.